The molecule has 2 bridgehead atoms. The van der Waals surface area contributed by atoms with E-state index in [4.69, 9.17) is 9.47 Å². The maximum Gasteiger partial charge on any atom is 0.0990 e. The maximum absolute atomic E-state index is 6.55. The molecular formula is C17H31NO2. The highest BCUT2D eigenvalue weighted by atomic mass is 16.6. The van der Waals surface area contributed by atoms with Gasteiger partial charge < -0.3 is 14.8 Å². The Balaban J connectivity index is 1.65. The lowest BCUT2D eigenvalue weighted by Gasteiger charge is -2.48. The van der Waals surface area contributed by atoms with Crippen LogP contribution in [-0.2, 0) is 9.47 Å². The van der Waals surface area contributed by atoms with E-state index < -0.39 is 0 Å². The smallest absolute Gasteiger partial charge is 0.0990 e. The zero-order chi connectivity index (χ0) is 14.5. The normalized spacial score (nSPS) is 49.4. The molecule has 3 aliphatic rings. The predicted octanol–water partition coefficient (Wildman–Crippen LogP) is 2.98. The van der Waals surface area contributed by atoms with Crippen molar-refractivity contribution >= 4 is 0 Å². The summed E-state index contributed by atoms with van der Waals surface area (Å²) in [6.45, 7) is 10.2. The van der Waals surface area contributed by atoms with Gasteiger partial charge in [-0.25, -0.2) is 0 Å². The summed E-state index contributed by atoms with van der Waals surface area (Å²) < 4.78 is 12.4. The van der Waals surface area contributed by atoms with E-state index in [1.165, 1.54) is 19.3 Å². The minimum absolute atomic E-state index is 0.246. The van der Waals surface area contributed by atoms with Gasteiger partial charge in [-0.2, -0.15) is 0 Å². The molecule has 3 saturated carbocycles. The van der Waals surface area contributed by atoms with Crippen LogP contribution in [0.1, 0.15) is 53.4 Å². The highest BCUT2D eigenvalue weighted by Gasteiger charge is 2.63. The van der Waals surface area contributed by atoms with E-state index in [2.05, 4.69) is 33.0 Å². The molecule has 3 heteroatoms. The maximum atomic E-state index is 6.55. The first-order valence-electron chi connectivity index (χ1n) is 8.38. The fourth-order valence-electron chi connectivity index (χ4n) is 4.96. The molecule has 6 atom stereocenters. The van der Waals surface area contributed by atoms with Gasteiger partial charge in [-0.3, -0.25) is 0 Å². The third kappa shape index (κ3) is 1.89. The molecule has 20 heavy (non-hydrogen) atoms. The van der Waals surface area contributed by atoms with Gasteiger partial charge in [-0.1, -0.05) is 20.8 Å². The van der Waals surface area contributed by atoms with Crippen molar-refractivity contribution in [3.05, 3.63) is 0 Å². The van der Waals surface area contributed by atoms with Gasteiger partial charge in [0.1, 0.15) is 0 Å². The molecule has 116 valence electrons. The Kier molecular flexibility index (Phi) is 3.67. The second-order valence-electron chi connectivity index (χ2n) is 7.82. The zero-order valence-corrected chi connectivity index (χ0v) is 13.7. The van der Waals surface area contributed by atoms with Crippen LogP contribution < -0.4 is 5.32 Å². The van der Waals surface area contributed by atoms with Crippen molar-refractivity contribution in [3.8, 4) is 0 Å². The van der Waals surface area contributed by atoms with Gasteiger partial charge in [0.2, 0.25) is 0 Å². The molecule has 0 radical (unpaired) electrons. The van der Waals surface area contributed by atoms with Gasteiger partial charge in [-0.15, -0.1) is 0 Å². The summed E-state index contributed by atoms with van der Waals surface area (Å²) >= 11 is 0. The Hall–Kier alpha value is -0.120. The van der Waals surface area contributed by atoms with E-state index in [9.17, 15) is 0 Å². The standard InChI is InChI=1S/C17H31NO2/c1-6-19-15-12(18-5)10-13(15)20-14-9-11-7-8-17(14,4)16(11,2)3/h11-15,18H,6-10H2,1-5H3. The van der Waals surface area contributed by atoms with Crippen LogP contribution in [0.4, 0.5) is 0 Å². The van der Waals surface area contributed by atoms with E-state index in [0.717, 1.165) is 18.9 Å². The number of hydrogen-bond donors (Lipinski definition) is 1. The first-order valence-corrected chi connectivity index (χ1v) is 8.38. The summed E-state index contributed by atoms with van der Waals surface area (Å²) in [6.07, 6.45) is 6.04. The van der Waals surface area contributed by atoms with Crippen LogP contribution in [0, 0.1) is 16.7 Å². The highest BCUT2D eigenvalue weighted by molar-refractivity contribution is 5.12. The van der Waals surface area contributed by atoms with Crippen molar-refractivity contribution in [2.75, 3.05) is 13.7 Å². The van der Waals surface area contributed by atoms with Gasteiger partial charge in [-0.05, 0) is 56.4 Å². The van der Waals surface area contributed by atoms with Crippen LogP contribution in [0.25, 0.3) is 0 Å². The lowest BCUT2D eigenvalue weighted by molar-refractivity contribution is -0.188. The molecule has 0 amide bonds. The average Bonchev–Trinajstić information content (AvgIpc) is 2.73. The topological polar surface area (TPSA) is 30.5 Å². The van der Waals surface area contributed by atoms with Crippen molar-refractivity contribution < 1.29 is 9.47 Å². The summed E-state index contributed by atoms with van der Waals surface area (Å²) in [7, 11) is 2.02. The lowest BCUT2D eigenvalue weighted by Crippen LogP contribution is -2.60. The number of rotatable bonds is 5. The number of likely N-dealkylation sites (N-methyl/N-ethyl adjacent to an activating group) is 1. The van der Waals surface area contributed by atoms with Gasteiger partial charge in [0.25, 0.3) is 0 Å². The molecule has 1 N–H and O–H groups in total. The largest absolute Gasteiger partial charge is 0.374 e. The van der Waals surface area contributed by atoms with Crippen molar-refractivity contribution in [3.63, 3.8) is 0 Å². The van der Waals surface area contributed by atoms with E-state index in [0.29, 0.717) is 29.1 Å². The van der Waals surface area contributed by atoms with Gasteiger partial charge in [0, 0.05) is 12.6 Å². The number of hydrogen-bond acceptors (Lipinski definition) is 3. The van der Waals surface area contributed by atoms with Crippen molar-refractivity contribution in [2.45, 2.75) is 77.7 Å². The highest BCUT2D eigenvalue weighted by Crippen LogP contribution is 2.66. The summed E-state index contributed by atoms with van der Waals surface area (Å²) in [6, 6.07) is 0.472. The van der Waals surface area contributed by atoms with Crippen LogP contribution in [-0.4, -0.2) is 38.0 Å². The Morgan fingerprint density at radius 2 is 1.95 bits per heavy atom. The SMILES string of the molecule is CCOC1C(NC)CC1OC1CC2CCC1(C)C2(C)C. The molecule has 3 nitrogen and oxygen atoms in total. The fraction of sp³-hybridized carbons (Fsp3) is 1.00. The van der Waals surface area contributed by atoms with Crippen molar-refractivity contribution in [1.29, 1.82) is 0 Å². The van der Waals surface area contributed by atoms with Crippen molar-refractivity contribution in [2.24, 2.45) is 16.7 Å². The monoisotopic (exact) mass is 281 g/mol. The molecule has 0 aromatic rings. The Labute approximate surface area is 123 Å². The fourth-order valence-corrected chi connectivity index (χ4v) is 4.96. The van der Waals surface area contributed by atoms with Crippen LogP contribution in [0.15, 0.2) is 0 Å². The summed E-state index contributed by atoms with van der Waals surface area (Å²) in [5, 5.41) is 3.35. The zero-order valence-electron chi connectivity index (χ0n) is 13.7. The number of nitrogens with one attached hydrogen (secondary N) is 1. The summed E-state index contributed by atoms with van der Waals surface area (Å²) in [5.74, 6) is 0.850. The summed E-state index contributed by atoms with van der Waals surface area (Å²) in [4.78, 5) is 0. The molecule has 0 aliphatic heterocycles. The Morgan fingerprint density at radius 3 is 2.45 bits per heavy atom. The molecule has 0 saturated heterocycles. The Morgan fingerprint density at radius 1 is 1.20 bits per heavy atom. The molecule has 6 unspecified atom stereocenters. The number of fused-ring (bicyclic) bond motifs is 2. The number of ether oxygens (including phenoxy) is 2. The van der Waals surface area contributed by atoms with Crippen LogP contribution in [0.2, 0.25) is 0 Å². The third-order valence-corrected chi connectivity index (χ3v) is 7.03. The molecular weight excluding hydrogens is 250 g/mol. The van der Waals surface area contributed by atoms with E-state index in [-0.39, 0.29) is 6.10 Å². The average molecular weight is 281 g/mol. The second kappa shape index (κ2) is 4.96. The quantitative estimate of drug-likeness (QED) is 0.840. The summed E-state index contributed by atoms with van der Waals surface area (Å²) in [5.41, 5.74) is 0.796. The molecule has 3 rings (SSSR count). The van der Waals surface area contributed by atoms with Crippen molar-refractivity contribution in [1.82, 2.24) is 5.32 Å². The van der Waals surface area contributed by atoms with Crippen LogP contribution in [0.3, 0.4) is 0 Å². The molecule has 3 aliphatic carbocycles. The lowest BCUT2D eigenvalue weighted by atomic mass is 9.70. The van der Waals surface area contributed by atoms with Gasteiger partial charge >= 0.3 is 0 Å². The molecule has 0 spiro atoms. The minimum atomic E-state index is 0.246. The van der Waals surface area contributed by atoms with E-state index >= 15 is 0 Å². The molecule has 0 heterocycles. The first-order chi connectivity index (χ1) is 9.44. The Bertz CT molecular complexity index is 370. The minimum Gasteiger partial charge on any atom is -0.374 e. The van der Waals surface area contributed by atoms with Gasteiger partial charge in [0.05, 0.1) is 18.3 Å². The molecule has 0 aromatic carbocycles. The molecule has 3 fully saturated rings. The second-order valence-corrected chi connectivity index (χ2v) is 7.82. The van der Waals surface area contributed by atoms with Crippen LogP contribution >= 0.6 is 0 Å². The third-order valence-electron chi connectivity index (χ3n) is 7.03. The molecule has 0 aromatic heterocycles. The first kappa shape index (κ1) is 14.8. The van der Waals surface area contributed by atoms with Gasteiger partial charge in [0.15, 0.2) is 0 Å². The van der Waals surface area contributed by atoms with E-state index in [1.807, 2.05) is 7.05 Å². The van der Waals surface area contributed by atoms with Crippen LogP contribution in [0.5, 0.6) is 0 Å². The van der Waals surface area contributed by atoms with E-state index in [1.54, 1.807) is 0 Å². The predicted molar refractivity (Wildman–Crippen MR) is 80.8 cm³/mol.